The smallest absolute Gasteiger partial charge is 0.335 e. The highest BCUT2D eigenvalue weighted by atomic mass is 35.5. The van der Waals surface area contributed by atoms with Crippen molar-refractivity contribution in [1.82, 2.24) is 10.2 Å². The summed E-state index contributed by atoms with van der Waals surface area (Å²) in [7, 11) is 1.12. The van der Waals surface area contributed by atoms with Crippen LogP contribution in [0.5, 0.6) is 0 Å². The molecule has 178 valence electrons. The number of aromatic carboxylic acids is 1. The van der Waals surface area contributed by atoms with Crippen molar-refractivity contribution >= 4 is 31.0 Å². The van der Waals surface area contributed by atoms with Crippen molar-refractivity contribution in [3.63, 3.8) is 0 Å². The number of ether oxygens (including phenoxy) is 2. The lowest BCUT2D eigenvalue weighted by molar-refractivity contribution is -0.133. The zero-order valence-electron chi connectivity index (χ0n) is 19.0. The van der Waals surface area contributed by atoms with Gasteiger partial charge in [-0.1, -0.05) is 30.7 Å². The predicted octanol–water partition coefficient (Wildman–Crippen LogP) is 4.75. The summed E-state index contributed by atoms with van der Waals surface area (Å²) < 4.78 is 11.5. The first-order valence-electron chi connectivity index (χ1n) is 11.1. The highest BCUT2D eigenvalue weighted by Crippen LogP contribution is 2.40. The first-order chi connectivity index (χ1) is 15.9. The maximum Gasteiger partial charge on any atom is 0.335 e. The average molecular weight is 494 g/mol. The van der Waals surface area contributed by atoms with Crippen molar-refractivity contribution in [3.05, 3.63) is 64.4 Å². The van der Waals surface area contributed by atoms with E-state index < -0.39 is 19.0 Å². The number of carbonyl (C=O) groups excluding carboxylic acids is 1. The minimum absolute atomic E-state index is 0.0637. The summed E-state index contributed by atoms with van der Waals surface area (Å²) in [5.74, 6) is 3.41. The van der Waals surface area contributed by atoms with Gasteiger partial charge in [-0.05, 0) is 31.3 Å². The molecule has 2 atom stereocenters. The molecule has 1 aromatic heterocycles. The molecule has 3 rings (SSSR count). The van der Waals surface area contributed by atoms with Gasteiger partial charge in [-0.3, -0.25) is 9.69 Å². The van der Waals surface area contributed by atoms with Crippen molar-refractivity contribution in [2.45, 2.75) is 37.5 Å². The molecule has 0 radical (unpaired) electrons. The molecule has 1 amide bonds. The van der Waals surface area contributed by atoms with Gasteiger partial charge < -0.3 is 19.9 Å². The first kappa shape index (κ1) is 25.4. The maximum absolute atomic E-state index is 13.5. The number of rotatable bonds is 10. The number of nitrogens with zero attached hydrogens (tertiary/aromatic N) is 1. The van der Waals surface area contributed by atoms with Gasteiger partial charge >= 0.3 is 5.97 Å². The number of halogens is 1. The standard InChI is InChI=1S/C24H30ClN2O5P/c1-3-21(33-14-8-18(9-15-33)22(28)29)26-23(30)24(10-12-31-17-24)27(2)11-13-32-20-7-5-4-6-19(25)16-20/h4-5,7-9,14-16,21H,3,6,10-13,17H2,1-2H3,(H-,26,28,29,30)/p+1. The fraction of sp³-hybridized carbons (Fsp3) is 0.458. The van der Waals surface area contributed by atoms with E-state index in [0.717, 1.165) is 11.5 Å². The van der Waals surface area contributed by atoms with Crippen LogP contribution in [0.25, 0.3) is 0 Å². The van der Waals surface area contributed by atoms with E-state index in [1.165, 1.54) is 0 Å². The Hall–Kier alpha value is -2.18. The molecule has 2 N–H and O–H groups in total. The Kier molecular flexibility index (Phi) is 9.10. The van der Waals surface area contributed by atoms with Crippen molar-refractivity contribution < 1.29 is 24.2 Å². The fourth-order valence-corrected chi connectivity index (χ4v) is 5.94. The molecule has 2 aliphatic rings. The van der Waals surface area contributed by atoms with Gasteiger partial charge in [0.05, 0.1) is 12.2 Å². The largest absolute Gasteiger partial charge is 0.492 e. The van der Waals surface area contributed by atoms with E-state index in [1.54, 1.807) is 12.1 Å². The molecule has 33 heavy (non-hydrogen) atoms. The second kappa shape index (κ2) is 11.8. The van der Waals surface area contributed by atoms with Crippen LogP contribution in [0.3, 0.4) is 0 Å². The Balaban J connectivity index is 1.64. The summed E-state index contributed by atoms with van der Waals surface area (Å²) >= 11 is 6.14. The van der Waals surface area contributed by atoms with E-state index in [1.807, 2.05) is 54.8 Å². The molecular formula is C24H31ClN2O5P+. The van der Waals surface area contributed by atoms with Gasteiger partial charge in [-0.2, -0.15) is 0 Å². The van der Waals surface area contributed by atoms with Crippen molar-refractivity contribution in [2.24, 2.45) is 0 Å². The number of carboxylic acid groups (broad SMARTS) is 1. The third kappa shape index (κ3) is 6.45. The first-order valence-corrected chi connectivity index (χ1v) is 13.0. The summed E-state index contributed by atoms with van der Waals surface area (Å²) in [5, 5.41) is 13.1. The number of carboxylic acids is 1. The Morgan fingerprint density at radius 1 is 1.39 bits per heavy atom. The van der Waals surface area contributed by atoms with E-state index in [2.05, 4.69) is 5.32 Å². The molecule has 1 saturated heterocycles. The second-order valence-corrected chi connectivity index (χ2v) is 10.7. The van der Waals surface area contributed by atoms with Crippen LogP contribution < -0.4 is 5.32 Å². The fourth-order valence-electron chi connectivity index (χ4n) is 3.88. The molecular weight excluding hydrogens is 463 g/mol. The topological polar surface area (TPSA) is 88.1 Å². The summed E-state index contributed by atoms with van der Waals surface area (Å²) in [4.78, 5) is 26.6. The molecule has 7 nitrogen and oxygen atoms in total. The number of nitrogens with one attached hydrogen (secondary N) is 1. The van der Waals surface area contributed by atoms with Gasteiger partial charge in [0, 0.05) is 37.4 Å². The Labute approximate surface area is 200 Å². The second-order valence-electron chi connectivity index (χ2n) is 8.13. The van der Waals surface area contributed by atoms with Gasteiger partial charge in [-0.15, -0.1) is 0 Å². The zero-order valence-corrected chi connectivity index (χ0v) is 20.6. The molecule has 1 fully saturated rings. The van der Waals surface area contributed by atoms with E-state index >= 15 is 0 Å². The third-order valence-electron chi connectivity index (χ3n) is 6.00. The lowest BCUT2D eigenvalue weighted by atomic mass is 9.95. The molecule has 2 unspecified atom stereocenters. The number of carbonyl (C=O) groups is 2. The van der Waals surface area contributed by atoms with Crippen LogP contribution >= 0.6 is 19.1 Å². The molecule has 1 aliphatic heterocycles. The van der Waals surface area contributed by atoms with E-state index in [9.17, 15) is 9.59 Å². The normalized spacial score (nSPS) is 21.2. The lowest BCUT2D eigenvalue weighted by Crippen LogP contribution is -2.59. The molecule has 0 saturated carbocycles. The summed E-state index contributed by atoms with van der Waals surface area (Å²) in [6.07, 6.45) is 9.61. The molecule has 1 aliphatic carbocycles. The van der Waals surface area contributed by atoms with Crippen LogP contribution in [-0.4, -0.2) is 60.8 Å². The molecule has 9 heteroatoms. The monoisotopic (exact) mass is 493 g/mol. The molecule has 2 heterocycles. The molecule has 0 bridgehead atoms. The van der Waals surface area contributed by atoms with Crippen molar-refractivity contribution in [2.75, 3.05) is 33.4 Å². The summed E-state index contributed by atoms with van der Waals surface area (Å²) in [6, 6.07) is 3.25. The van der Waals surface area contributed by atoms with Crippen LogP contribution in [0, 0.1) is 0 Å². The minimum Gasteiger partial charge on any atom is -0.492 e. The van der Waals surface area contributed by atoms with Gasteiger partial charge in [0.2, 0.25) is 5.91 Å². The van der Waals surface area contributed by atoms with Crippen LogP contribution in [0.15, 0.2) is 58.8 Å². The SMILES string of the molecule is CCC(NC(=O)C1(N(C)CCOC2=CC=CCC(Cl)=C2)CCOC1)[p+]1ccc(C(=O)O)cc1. The molecule has 1 aromatic rings. The summed E-state index contributed by atoms with van der Waals surface area (Å²) in [5.41, 5.74) is -0.510. The third-order valence-corrected chi connectivity index (χ3v) is 8.47. The molecule has 0 spiro atoms. The number of allylic oxidation sites excluding steroid dienone is 5. The van der Waals surface area contributed by atoms with Crippen molar-refractivity contribution in [3.8, 4) is 0 Å². The highest BCUT2D eigenvalue weighted by molar-refractivity contribution is 7.48. The van der Waals surface area contributed by atoms with E-state index in [0.29, 0.717) is 45.0 Å². The van der Waals surface area contributed by atoms with Gasteiger partial charge in [0.25, 0.3) is 0 Å². The zero-order chi connectivity index (χ0) is 23.8. The Bertz CT molecular complexity index is 939. The van der Waals surface area contributed by atoms with Crippen LogP contribution in [0.4, 0.5) is 0 Å². The quantitative estimate of drug-likeness (QED) is 0.489. The Morgan fingerprint density at radius 2 is 2.15 bits per heavy atom. The van der Waals surface area contributed by atoms with E-state index in [-0.39, 0.29) is 17.3 Å². The van der Waals surface area contributed by atoms with E-state index in [4.69, 9.17) is 26.2 Å². The average Bonchev–Trinajstić information content (AvgIpc) is 3.22. The van der Waals surface area contributed by atoms with Crippen LogP contribution in [-0.2, 0) is 14.3 Å². The van der Waals surface area contributed by atoms with Gasteiger partial charge in [0.15, 0.2) is 5.78 Å². The highest BCUT2D eigenvalue weighted by Gasteiger charge is 2.47. The maximum atomic E-state index is 13.5. The minimum atomic E-state index is -0.950. The number of amides is 1. The van der Waals surface area contributed by atoms with Gasteiger partial charge in [-0.25, -0.2) is 4.79 Å². The van der Waals surface area contributed by atoms with Crippen LogP contribution in [0.1, 0.15) is 42.3 Å². The number of hydrogen-bond donors (Lipinski definition) is 2. The van der Waals surface area contributed by atoms with Gasteiger partial charge in [0.1, 0.15) is 37.0 Å². The Morgan fingerprint density at radius 3 is 2.79 bits per heavy atom. The number of hydrogen-bond acceptors (Lipinski definition) is 5. The lowest BCUT2D eigenvalue weighted by Gasteiger charge is -2.36. The predicted molar refractivity (Wildman–Crippen MR) is 131 cm³/mol. The van der Waals surface area contributed by atoms with Crippen LogP contribution in [0.2, 0.25) is 0 Å². The molecule has 0 aromatic carbocycles. The summed E-state index contributed by atoms with van der Waals surface area (Å²) in [6.45, 7) is 3.83. The number of likely N-dealkylation sites (N-methyl/N-ethyl adjacent to an activating group) is 1. The van der Waals surface area contributed by atoms with Crippen molar-refractivity contribution in [1.29, 1.82) is 0 Å².